The molecule has 62 valence electrons. The van der Waals surface area contributed by atoms with Gasteiger partial charge < -0.3 is 4.74 Å². The van der Waals surface area contributed by atoms with E-state index in [1.807, 2.05) is 0 Å². The zero-order chi connectivity index (χ0) is 7.99. The van der Waals surface area contributed by atoms with Crippen LogP contribution in [0.2, 0.25) is 0 Å². The van der Waals surface area contributed by atoms with Gasteiger partial charge in [-0.05, 0) is 6.92 Å². The third-order valence-corrected chi connectivity index (χ3v) is 1.21. The fraction of sp³-hybridized carbons (Fsp3) is 0.800. The molecule has 1 aliphatic rings. The molecular weight excluding hydrogens is 416 g/mol. The number of hydrogen-bond donors (Lipinski definition) is 0. The number of halogens is 3. The summed E-state index contributed by atoms with van der Waals surface area (Å²) in [5.41, 5.74) is 0. The summed E-state index contributed by atoms with van der Waals surface area (Å²) in [6, 6.07) is 0. The first-order chi connectivity index (χ1) is 4.33. The second kappa shape index (κ2) is 2.10. The molecule has 0 N–H and O–H groups in total. The Kier molecular flexibility index (Phi) is 1.85. The molecule has 1 unspecified atom stereocenters. The van der Waals surface area contributed by atoms with Gasteiger partial charge in [0.1, 0.15) is 5.85 Å². The van der Waals surface area contributed by atoms with E-state index in [9.17, 15) is 13.2 Å². The van der Waals surface area contributed by atoms with Crippen LogP contribution in [0, 0.1) is 6.10 Å². The van der Waals surface area contributed by atoms with E-state index in [4.69, 9.17) is 0 Å². The molecule has 0 aromatic carbocycles. The summed E-state index contributed by atoms with van der Waals surface area (Å²) in [4.78, 5) is 0. The van der Waals surface area contributed by atoms with Crippen LogP contribution in [0.3, 0.4) is 0 Å². The Morgan fingerprint density at radius 1 is 1.27 bits per heavy atom. The van der Waals surface area contributed by atoms with Crippen LogP contribution in [0.1, 0.15) is 13.8 Å². The molecule has 1 aliphatic heterocycles. The molecule has 0 amide bonds. The van der Waals surface area contributed by atoms with Crippen LogP contribution < -0.4 is 0 Å². The molecule has 11 heavy (non-hydrogen) atoms. The van der Waals surface area contributed by atoms with Crippen LogP contribution in [0.25, 0.3) is 0 Å². The fourth-order valence-corrected chi connectivity index (χ4v) is 0.585. The Balaban J connectivity index is 0.000001000. The summed E-state index contributed by atoms with van der Waals surface area (Å²) in [5, 5.41) is 0. The first kappa shape index (κ1) is 9.71. The molecule has 0 radical (unpaired) electrons. The number of alkyl halides is 3. The maximum absolute atomic E-state index is 12.6. The molecule has 1 saturated heterocycles. The second-order valence-corrected chi connectivity index (χ2v) is 2.14. The van der Waals surface area contributed by atoms with Gasteiger partial charge in [0.2, 0.25) is 0 Å². The minimum absolute atomic E-state index is 0. The largest absolute Gasteiger partial charge is 0.465 e. The molecule has 0 bridgehead atoms. The minimum atomic E-state index is -3.81. The van der Waals surface area contributed by atoms with E-state index in [-0.39, 0.29) is 0 Å². The van der Waals surface area contributed by atoms with E-state index in [0.717, 1.165) is 13.8 Å². The summed E-state index contributed by atoms with van der Waals surface area (Å²) >= 11 is 0. The summed E-state index contributed by atoms with van der Waals surface area (Å²) in [7, 11) is 0. The third-order valence-electron chi connectivity index (χ3n) is 1.21. The molecule has 6 heteroatoms. The quantitative estimate of drug-likeness (QED) is 0.555. The molecule has 0 aromatic rings. The molecular formula is C5H6F3O2Rf-. The van der Waals surface area contributed by atoms with Crippen molar-refractivity contribution in [3.05, 3.63) is 6.10 Å². The van der Waals surface area contributed by atoms with Gasteiger partial charge in [0.15, 0.2) is 0 Å². The summed E-state index contributed by atoms with van der Waals surface area (Å²) in [6.07, 6.45) is -4.27. The van der Waals surface area contributed by atoms with Crippen LogP contribution in [-0.2, 0) is 9.47 Å². The summed E-state index contributed by atoms with van der Waals surface area (Å²) in [5.74, 6) is -2.47. The molecule has 1 rings (SSSR count). The van der Waals surface area contributed by atoms with Gasteiger partial charge >= 0.3 is 6.29 Å². The standard InChI is InChI=1S/C5H6F3O2.Rf/c1-3-4(2,6)10-5(7,8)9-3;/h1-2H3;/q-1;. The van der Waals surface area contributed by atoms with E-state index in [1.165, 1.54) is 0 Å². The van der Waals surface area contributed by atoms with Crippen LogP contribution in [0.15, 0.2) is 0 Å². The molecule has 0 aromatic heterocycles. The smallest absolute Gasteiger partial charge is 0.455 e. The maximum Gasteiger partial charge on any atom is 0.455 e. The van der Waals surface area contributed by atoms with Crippen LogP contribution >= 0.6 is 0 Å². The van der Waals surface area contributed by atoms with Crippen LogP contribution in [0.4, 0.5) is 13.2 Å². The minimum Gasteiger partial charge on any atom is -0.465 e. The Bertz CT molecular complexity index is 151. The van der Waals surface area contributed by atoms with Crippen molar-refractivity contribution >= 4 is 0 Å². The first-order valence-electron chi connectivity index (χ1n) is 2.63. The van der Waals surface area contributed by atoms with Crippen molar-refractivity contribution in [2.75, 3.05) is 0 Å². The van der Waals surface area contributed by atoms with Gasteiger partial charge in [0.05, 0.1) is 0 Å². The number of rotatable bonds is 0. The van der Waals surface area contributed by atoms with E-state index < -0.39 is 18.3 Å². The predicted octanol–water partition coefficient (Wildman–Crippen LogP) is 1.82. The molecule has 1 fully saturated rings. The zero-order valence-corrected chi connectivity index (χ0v) is 12.6. The van der Waals surface area contributed by atoms with E-state index in [0.29, 0.717) is 0 Å². The molecule has 0 aliphatic carbocycles. The predicted molar refractivity (Wildman–Crippen MR) is 25.5 cm³/mol. The molecule has 0 spiro atoms. The maximum atomic E-state index is 12.6. The first-order valence-corrected chi connectivity index (χ1v) is 2.63. The van der Waals surface area contributed by atoms with E-state index in [2.05, 4.69) is 9.47 Å². The van der Waals surface area contributed by atoms with Gasteiger partial charge in [-0.1, -0.05) is 0 Å². The van der Waals surface area contributed by atoms with Gasteiger partial charge in [0, 0.05) is 0 Å². The Morgan fingerprint density at radius 2 is 1.73 bits per heavy atom. The van der Waals surface area contributed by atoms with Crippen LogP contribution in [-0.4, -0.2) is 12.1 Å². The zero-order valence-electron chi connectivity index (χ0n) is 6.16. The van der Waals surface area contributed by atoms with Gasteiger partial charge in [-0.3, -0.25) is 4.74 Å². The van der Waals surface area contributed by atoms with Crippen molar-refractivity contribution in [1.82, 2.24) is 0 Å². The Hall–Kier alpha value is -1.29. The van der Waals surface area contributed by atoms with Gasteiger partial charge in [0.25, 0.3) is 0 Å². The Labute approximate surface area is 55.9 Å². The van der Waals surface area contributed by atoms with Crippen LogP contribution in [0.5, 0.6) is 0 Å². The SMILES string of the molecule is C[C-]1OC(F)(F)OC1(C)F.[Rf]. The summed E-state index contributed by atoms with van der Waals surface area (Å²) < 4.78 is 43.9. The average Bonchev–Trinajstić information content (AvgIpc) is 1.73. The van der Waals surface area contributed by atoms with Gasteiger partial charge in [-0.25, -0.2) is 4.39 Å². The molecule has 1 heterocycles. The Morgan fingerprint density at radius 3 is 1.82 bits per heavy atom. The normalized spacial score (nSPS) is 36.8. The van der Waals surface area contributed by atoms with Crippen molar-refractivity contribution in [2.24, 2.45) is 0 Å². The van der Waals surface area contributed by atoms with Crippen molar-refractivity contribution in [3.63, 3.8) is 0 Å². The van der Waals surface area contributed by atoms with Crippen molar-refractivity contribution in [2.45, 2.75) is 26.0 Å². The van der Waals surface area contributed by atoms with E-state index >= 15 is 0 Å². The topological polar surface area (TPSA) is 18.5 Å². The monoisotopic (exact) mass is 422 g/mol. The number of ether oxygens (including phenoxy) is 2. The van der Waals surface area contributed by atoms with Crippen molar-refractivity contribution < 1.29 is 22.6 Å². The fourth-order valence-electron chi connectivity index (χ4n) is 0.585. The van der Waals surface area contributed by atoms with Gasteiger partial charge in [-0.2, -0.15) is 6.92 Å². The van der Waals surface area contributed by atoms with E-state index in [1.54, 1.807) is 0 Å². The van der Waals surface area contributed by atoms with Gasteiger partial charge in [-0.15, -0.1) is 14.9 Å². The summed E-state index contributed by atoms with van der Waals surface area (Å²) in [6.45, 7) is 1.96. The number of hydrogen-bond acceptors (Lipinski definition) is 2. The molecule has 1 atom stereocenters. The molecule has 2 nitrogen and oxygen atoms in total. The third kappa shape index (κ3) is 1.59. The second-order valence-electron chi connectivity index (χ2n) is 2.14. The average molecular weight is 422 g/mol. The van der Waals surface area contributed by atoms with Crippen molar-refractivity contribution in [1.29, 1.82) is 0 Å². The van der Waals surface area contributed by atoms with Crippen molar-refractivity contribution in [3.8, 4) is 0 Å². The molecule has 0 saturated carbocycles.